The van der Waals surface area contributed by atoms with Crippen molar-refractivity contribution in [2.45, 2.75) is 20.3 Å². The third kappa shape index (κ3) is 3.70. The predicted molar refractivity (Wildman–Crippen MR) is 78.8 cm³/mol. The molecule has 106 valence electrons. The van der Waals surface area contributed by atoms with E-state index in [-0.39, 0.29) is 11.8 Å². The van der Waals surface area contributed by atoms with Crippen LogP contribution in [0.5, 0.6) is 5.75 Å². The zero-order valence-electron chi connectivity index (χ0n) is 12.5. The molecule has 0 bridgehead atoms. The molecule has 1 aromatic carbocycles. The minimum absolute atomic E-state index is 0.0137. The van der Waals surface area contributed by atoms with Crippen molar-refractivity contribution in [2.75, 3.05) is 32.6 Å². The zero-order chi connectivity index (χ0) is 14.4. The van der Waals surface area contributed by atoms with Gasteiger partial charge in [-0.25, -0.2) is 0 Å². The number of hydrogen-bond acceptors (Lipinski definition) is 3. The van der Waals surface area contributed by atoms with Gasteiger partial charge in [0, 0.05) is 13.6 Å². The van der Waals surface area contributed by atoms with Crippen LogP contribution in [0.25, 0.3) is 0 Å². The van der Waals surface area contributed by atoms with Gasteiger partial charge in [0.05, 0.1) is 18.7 Å². The van der Waals surface area contributed by atoms with Crippen LogP contribution in [0.1, 0.15) is 18.9 Å². The topological polar surface area (TPSA) is 41.6 Å². The molecule has 4 nitrogen and oxygen atoms in total. The third-order valence-corrected chi connectivity index (χ3v) is 3.32. The fourth-order valence-corrected chi connectivity index (χ4v) is 2.11. The zero-order valence-corrected chi connectivity index (χ0v) is 12.5. The average Bonchev–Trinajstić information content (AvgIpc) is 2.43. The normalized spacial score (nSPS) is 12.1. The SMILES string of the molecule is CCC(CNC)C(=O)N(C)c1cc(C)ccc1OC. The summed E-state index contributed by atoms with van der Waals surface area (Å²) in [5.74, 6) is 0.821. The van der Waals surface area contributed by atoms with Crippen LogP contribution >= 0.6 is 0 Å². The van der Waals surface area contributed by atoms with E-state index in [9.17, 15) is 4.79 Å². The van der Waals surface area contributed by atoms with Gasteiger partial charge in [-0.05, 0) is 38.1 Å². The number of anilines is 1. The van der Waals surface area contributed by atoms with E-state index in [0.717, 1.165) is 23.4 Å². The number of aryl methyl sites for hydroxylation is 1. The number of hydrogen-bond donors (Lipinski definition) is 1. The van der Waals surface area contributed by atoms with Crippen LogP contribution in [-0.4, -0.2) is 33.7 Å². The maximum absolute atomic E-state index is 12.5. The third-order valence-electron chi connectivity index (χ3n) is 3.32. The lowest BCUT2D eigenvalue weighted by molar-refractivity contribution is -0.122. The molecular formula is C15H24N2O2. The largest absolute Gasteiger partial charge is 0.495 e. The van der Waals surface area contributed by atoms with Crippen LogP contribution in [-0.2, 0) is 4.79 Å². The van der Waals surface area contributed by atoms with Crippen LogP contribution in [0, 0.1) is 12.8 Å². The van der Waals surface area contributed by atoms with E-state index in [4.69, 9.17) is 4.74 Å². The monoisotopic (exact) mass is 264 g/mol. The predicted octanol–water partition coefficient (Wildman–Crippen LogP) is 2.21. The summed E-state index contributed by atoms with van der Waals surface area (Å²) in [5, 5.41) is 3.07. The number of ether oxygens (including phenoxy) is 1. The van der Waals surface area contributed by atoms with E-state index in [1.165, 1.54) is 0 Å². The maximum Gasteiger partial charge on any atom is 0.231 e. The second-order valence-corrected chi connectivity index (χ2v) is 4.74. The van der Waals surface area contributed by atoms with Gasteiger partial charge in [-0.3, -0.25) is 4.79 Å². The van der Waals surface area contributed by atoms with E-state index < -0.39 is 0 Å². The Bertz CT molecular complexity index is 432. The van der Waals surface area contributed by atoms with Gasteiger partial charge in [0.1, 0.15) is 5.75 Å². The molecule has 1 atom stereocenters. The molecule has 0 saturated heterocycles. The van der Waals surface area contributed by atoms with Gasteiger partial charge < -0.3 is 15.0 Å². The molecule has 0 saturated carbocycles. The van der Waals surface area contributed by atoms with Crippen molar-refractivity contribution < 1.29 is 9.53 Å². The van der Waals surface area contributed by atoms with Crippen LogP contribution in [0.15, 0.2) is 18.2 Å². The summed E-state index contributed by atoms with van der Waals surface area (Å²) in [6.07, 6.45) is 0.818. The number of amides is 1. The maximum atomic E-state index is 12.5. The molecule has 1 aromatic rings. The van der Waals surface area contributed by atoms with Crippen molar-refractivity contribution in [2.24, 2.45) is 5.92 Å². The van der Waals surface area contributed by atoms with Gasteiger partial charge >= 0.3 is 0 Å². The number of methoxy groups -OCH3 is 1. The van der Waals surface area contributed by atoms with Crippen molar-refractivity contribution >= 4 is 11.6 Å². The van der Waals surface area contributed by atoms with Crippen molar-refractivity contribution in [3.63, 3.8) is 0 Å². The van der Waals surface area contributed by atoms with Gasteiger partial charge in [-0.2, -0.15) is 0 Å². The molecule has 4 heteroatoms. The number of benzene rings is 1. The fourth-order valence-electron chi connectivity index (χ4n) is 2.11. The molecule has 1 amide bonds. The molecule has 0 fully saturated rings. The van der Waals surface area contributed by atoms with Gasteiger partial charge in [0.15, 0.2) is 0 Å². The lowest BCUT2D eigenvalue weighted by Crippen LogP contribution is -2.37. The van der Waals surface area contributed by atoms with Crippen LogP contribution in [0.2, 0.25) is 0 Å². The highest BCUT2D eigenvalue weighted by Crippen LogP contribution is 2.29. The molecule has 1 rings (SSSR count). The van der Waals surface area contributed by atoms with E-state index >= 15 is 0 Å². The number of carbonyl (C=O) groups excluding carboxylic acids is 1. The van der Waals surface area contributed by atoms with E-state index in [2.05, 4.69) is 5.32 Å². The van der Waals surface area contributed by atoms with Crippen LogP contribution in [0.3, 0.4) is 0 Å². The van der Waals surface area contributed by atoms with Crippen LogP contribution in [0.4, 0.5) is 5.69 Å². The minimum atomic E-state index is -0.0137. The Hall–Kier alpha value is -1.55. The molecule has 0 aliphatic heterocycles. The molecule has 0 spiro atoms. The summed E-state index contributed by atoms with van der Waals surface area (Å²) in [6.45, 7) is 4.72. The lowest BCUT2D eigenvalue weighted by Gasteiger charge is -2.25. The van der Waals surface area contributed by atoms with Crippen LogP contribution < -0.4 is 15.0 Å². The smallest absolute Gasteiger partial charge is 0.231 e. The Morgan fingerprint density at radius 1 is 1.47 bits per heavy atom. The van der Waals surface area contributed by atoms with Gasteiger partial charge in [-0.1, -0.05) is 13.0 Å². The summed E-state index contributed by atoms with van der Waals surface area (Å²) < 4.78 is 5.34. The first-order valence-corrected chi connectivity index (χ1v) is 6.61. The Morgan fingerprint density at radius 2 is 2.16 bits per heavy atom. The number of carbonyl (C=O) groups is 1. The molecule has 0 heterocycles. The first kappa shape index (κ1) is 15.5. The van der Waals surface area contributed by atoms with E-state index in [0.29, 0.717) is 6.54 Å². The van der Waals surface area contributed by atoms with E-state index in [1.807, 2.05) is 39.1 Å². The van der Waals surface area contributed by atoms with Crippen molar-refractivity contribution in [1.82, 2.24) is 5.32 Å². The fraction of sp³-hybridized carbons (Fsp3) is 0.533. The van der Waals surface area contributed by atoms with Crippen molar-refractivity contribution in [3.8, 4) is 5.75 Å². The molecule has 1 unspecified atom stereocenters. The quantitative estimate of drug-likeness (QED) is 0.856. The molecule has 1 N–H and O–H groups in total. The first-order valence-electron chi connectivity index (χ1n) is 6.61. The van der Waals surface area contributed by atoms with E-state index in [1.54, 1.807) is 19.1 Å². The molecular weight excluding hydrogens is 240 g/mol. The summed E-state index contributed by atoms with van der Waals surface area (Å²) in [6, 6.07) is 5.85. The highest BCUT2D eigenvalue weighted by molar-refractivity contribution is 5.96. The minimum Gasteiger partial charge on any atom is -0.495 e. The number of nitrogens with zero attached hydrogens (tertiary/aromatic N) is 1. The highest BCUT2D eigenvalue weighted by atomic mass is 16.5. The standard InChI is InChI=1S/C15H24N2O2/c1-6-12(10-16-3)15(18)17(4)13-9-11(2)7-8-14(13)19-5/h7-9,12,16H,6,10H2,1-5H3. The molecule has 0 aromatic heterocycles. The Kier molecular flexibility index (Phi) is 5.83. The van der Waals surface area contributed by atoms with Gasteiger partial charge in [0.2, 0.25) is 5.91 Å². The highest BCUT2D eigenvalue weighted by Gasteiger charge is 2.22. The second-order valence-electron chi connectivity index (χ2n) is 4.74. The number of rotatable bonds is 6. The first-order chi connectivity index (χ1) is 9.04. The van der Waals surface area contributed by atoms with Gasteiger partial charge in [0.25, 0.3) is 0 Å². The van der Waals surface area contributed by atoms with Crippen molar-refractivity contribution in [1.29, 1.82) is 0 Å². The molecule has 0 radical (unpaired) electrons. The summed E-state index contributed by atoms with van der Waals surface area (Å²) >= 11 is 0. The summed E-state index contributed by atoms with van der Waals surface area (Å²) in [7, 11) is 5.29. The number of nitrogens with one attached hydrogen (secondary N) is 1. The molecule has 0 aliphatic carbocycles. The Labute approximate surface area is 115 Å². The molecule has 0 aliphatic rings. The summed E-state index contributed by atoms with van der Waals surface area (Å²) in [4.78, 5) is 14.2. The van der Waals surface area contributed by atoms with Crippen molar-refractivity contribution in [3.05, 3.63) is 23.8 Å². The Morgan fingerprint density at radius 3 is 2.68 bits per heavy atom. The average molecular weight is 264 g/mol. The lowest BCUT2D eigenvalue weighted by atomic mass is 10.0. The summed E-state index contributed by atoms with van der Waals surface area (Å²) in [5.41, 5.74) is 1.93. The second kappa shape index (κ2) is 7.14. The van der Waals surface area contributed by atoms with Gasteiger partial charge in [-0.15, -0.1) is 0 Å². The molecule has 19 heavy (non-hydrogen) atoms. The Balaban J connectivity index is 3.01.